The van der Waals surface area contributed by atoms with Gasteiger partial charge >= 0.3 is 97.9 Å². The van der Waals surface area contributed by atoms with Gasteiger partial charge in [0, 0.05) is 0 Å². The third kappa shape index (κ3) is 3.62. The van der Waals surface area contributed by atoms with Gasteiger partial charge in [-0.3, -0.25) is 0 Å². The number of hydrogen-bond acceptors (Lipinski definition) is 0. The normalized spacial score (nSPS) is 9.82. The van der Waals surface area contributed by atoms with Crippen molar-refractivity contribution in [2.75, 3.05) is 0 Å². The van der Waals surface area contributed by atoms with Gasteiger partial charge < -0.3 is 0 Å². The van der Waals surface area contributed by atoms with Gasteiger partial charge in [-0.25, -0.2) is 0 Å². The van der Waals surface area contributed by atoms with Gasteiger partial charge in [0.05, 0.1) is 0 Å². The van der Waals surface area contributed by atoms with Crippen LogP contribution in [0.3, 0.4) is 0 Å². The van der Waals surface area contributed by atoms with Crippen LogP contribution in [-0.4, -0.2) is 2.35 Å². The molecule has 56 valence electrons. The Bertz CT molecular complexity index is 240. The van der Waals surface area contributed by atoms with E-state index in [0.29, 0.717) is 0 Å². The van der Waals surface area contributed by atoms with Crippen molar-refractivity contribution in [1.29, 1.82) is 0 Å². The Hall–Kier alpha value is 1.22. The zero-order valence-corrected chi connectivity index (χ0v) is 14.3. The molecule has 1 aromatic rings. The molecule has 0 spiro atoms. The molecule has 0 fully saturated rings. The van der Waals surface area contributed by atoms with E-state index in [1.54, 1.807) is 0 Å². The van der Waals surface area contributed by atoms with E-state index in [1.165, 1.54) is 3.07 Å². The van der Waals surface area contributed by atoms with Crippen LogP contribution in [0.4, 0.5) is 0 Å². The first-order chi connectivity index (χ1) is 5.20. The molecule has 1 rings (SSSR count). The molecule has 0 saturated heterocycles. The molecule has 0 aromatic heterocycles. The molecule has 11 heavy (non-hydrogen) atoms. The molecule has 0 atom stereocenters. The van der Waals surface area contributed by atoms with Crippen molar-refractivity contribution in [2.45, 2.75) is 2.35 Å². The monoisotopic (exact) mass is 440 g/mol. The molecule has 1 aromatic carbocycles. The molecule has 0 aliphatic carbocycles. The molecule has 0 amide bonds. The number of hydrogen-bond donors (Lipinski definition) is 0. The van der Waals surface area contributed by atoms with E-state index >= 15 is 0 Å². The van der Waals surface area contributed by atoms with Crippen molar-refractivity contribution in [2.24, 2.45) is 0 Å². The number of benzene rings is 1. The van der Waals surface area contributed by atoms with E-state index < -0.39 is 24.6 Å². The summed E-state index contributed by atoms with van der Waals surface area (Å²) in [4.78, 5) is 0. The summed E-state index contributed by atoms with van der Waals surface area (Å²) in [6.07, 6.45) is 0. The topological polar surface area (TPSA) is 0 Å². The van der Waals surface area contributed by atoms with Crippen molar-refractivity contribution in [3.63, 3.8) is 0 Å². The summed E-state index contributed by atoms with van der Waals surface area (Å²) < 4.78 is 2.42. The van der Waals surface area contributed by atoms with Gasteiger partial charge in [-0.2, -0.15) is 0 Å². The van der Waals surface area contributed by atoms with Crippen molar-refractivity contribution in [3.05, 3.63) is 28.7 Å². The van der Waals surface area contributed by atoms with E-state index in [9.17, 15) is 0 Å². The fourth-order valence-corrected chi connectivity index (χ4v) is 9.02. The molecule has 0 aliphatic rings. The zero-order valence-electron chi connectivity index (χ0n) is 5.73. The first-order valence-electron chi connectivity index (χ1n) is 3.21. The summed E-state index contributed by atoms with van der Waals surface area (Å²) in [5.41, 5.74) is 0. The molecule has 0 heterocycles. The van der Waals surface area contributed by atoms with Crippen molar-refractivity contribution in [3.8, 4) is 0 Å². The number of rotatable bonds is 2. The van der Waals surface area contributed by atoms with E-state index in [-0.39, 0.29) is 2.35 Å². The second-order valence-corrected chi connectivity index (χ2v) is 16.1. The van der Waals surface area contributed by atoms with Gasteiger partial charge in [0.25, 0.3) is 0 Å². The van der Waals surface area contributed by atoms with Gasteiger partial charge in [-0.05, 0) is 0 Å². The maximum atomic E-state index is 5.73. The van der Waals surface area contributed by atoms with Crippen LogP contribution in [-0.2, 0) is 24.6 Å². The van der Waals surface area contributed by atoms with Gasteiger partial charge in [-0.15, -0.1) is 0 Å². The maximum absolute atomic E-state index is 5.73. The average molecular weight is 441 g/mol. The quantitative estimate of drug-likeness (QED) is 0.490. The SMILES string of the molecule is Cl[CH](Cl)[Hg][c]1ccccc1Br. The Kier molecular flexibility index (Phi) is 4.73. The van der Waals surface area contributed by atoms with E-state index in [2.05, 4.69) is 22.0 Å². The predicted octanol–water partition coefficient (Wildman–Crippen LogP) is 2.92. The summed E-state index contributed by atoms with van der Waals surface area (Å²) in [5.74, 6) is 0. The van der Waals surface area contributed by atoms with Crippen LogP contribution in [0.15, 0.2) is 28.7 Å². The van der Waals surface area contributed by atoms with Gasteiger partial charge in [-0.1, -0.05) is 0 Å². The average Bonchev–Trinajstić information content (AvgIpc) is 1.93. The summed E-state index contributed by atoms with van der Waals surface area (Å²) in [6.45, 7) is 0. The van der Waals surface area contributed by atoms with Crippen LogP contribution in [0.1, 0.15) is 0 Å². The molecule has 0 bridgehead atoms. The summed E-state index contributed by atoms with van der Waals surface area (Å²) in [7, 11) is 0. The van der Waals surface area contributed by atoms with Crippen molar-refractivity contribution in [1.82, 2.24) is 0 Å². The van der Waals surface area contributed by atoms with Gasteiger partial charge in [0.15, 0.2) is 0 Å². The Morgan fingerprint density at radius 1 is 1.27 bits per heavy atom. The van der Waals surface area contributed by atoms with E-state index in [4.69, 9.17) is 23.2 Å². The summed E-state index contributed by atoms with van der Waals surface area (Å²) in [6, 6.07) is 8.16. The second kappa shape index (κ2) is 5.06. The van der Waals surface area contributed by atoms with Crippen molar-refractivity contribution >= 4 is 42.2 Å². The second-order valence-electron chi connectivity index (χ2n) is 2.19. The van der Waals surface area contributed by atoms with Crippen LogP contribution < -0.4 is 3.07 Å². The molecule has 0 aliphatic heterocycles. The Morgan fingerprint density at radius 3 is 2.45 bits per heavy atom. The van der Waals surface area contributed by atoms with Gasteiger partial charge in [0.1, 0.15) is 0 Å². The molecule has 0 nitrogen and oxygen atoms in total. The van der Waals surface area contributed by atoms with Crippen molar-refractivity contribution < 1.29 is 24.6 Å². The fourth-order valence-electron chi connectivity index (χ4n) is 0.830. The zero-order chi connectivity index (χ0) is 8.27. The predicted molar refractivity (Wildman–Crippen MR) is 49.3 cm³/mol. The molecule has 4 heteroatoms. The number of alkyl halides is 2. The van der Waals surface area contributed by atoms with Crippen LogP contribution in [0.5, 0.6) is 0 Å². The summed E-state index contributed by atoms with van der Waals surface area (Å²) >= 11 is 13.7. The van der Waals surface area contributed by atoms with Gasteiger partial charge in [0.2, 0.25) is 0 Å². The molecule has 0 radical (unpaired) electrons. The third-order valence-electron chi connectivity index (χ3n) is 1.33. The Labute approximate surface area is 96.8 Å². The number of halogens is 3. The minimum absolute atomic E-state index is 0.103. The molecule has 0 saturated carbocycles. The van der Waals surface area contributed by atoms with E-state index in [0.717, 1.165) is 4.47 Å². The molecule has 0 N–H and O–H groups in total. The summed E-state index contributed by atoms with van der Waals surface area (Å²) in [5, 5.41) is 0. The van der Waals surface area contributed by atoms with Crippen LogP contribution in [0.25, 0.3) is 0 Å². The Balaban J connectivity index is 2.78. The van der Waals surface area contributed by atoms with Crippen LogP contribution in [0.2, 0.25) is 0 Å². The first-order valence-corrected chi connectivity index (χ1v) is 10.8. The first kappa shape index (κ1) is 10.3. The molecular weight excluding hydrogens is 435 g/mol. The van der Waals surface area contributed by atoms with E-state index in [1.807, 2.05) is 18.2 Å². The Morgan fingerprint density at radius 2 is 1.91 bits per heavy atom. The standard InChI is InChI=1S/C6H4Br.CHCl2.Hg/c7-6-4-2-1-3-5-6;2-1-3;/h1-4H;1H;. The third-order valence-corrected chi connectivity index (χ3v) is 12.1. The van der Waals surface area contributed by atoms with Crippen LogP contribution >= 0.6 is 39.1 Å². The van der Waals surface area contributed by atoms with Crippen LogP contribution in [0, 0.1) is 0 Å². The molecule has 0 unspecified atom stereocenters. The minimum atomic E-state index is -1.25. The fraction of sp³-hybridized carbons (Fsp3) is 0.143. The molecular formula is C7H5BrCl2Hg.